The average molecular weight is 413 g/mol. The largest absolute Gasteiger partial charge is 0.390 e. The highest BCUT2D eigenvalue weighted by atomic mass is 16.3. The Morgan fingerprint density at radius 2 is 2.00 bits per heavy atom. The highest BCUT2D eigenvalue weighted by Gasteiger charge is 2.59. The predicted molar refractivity (Wildman–Crippen MR) is 113 cm³/mol. The van der Waals surface area contributed by atoms with Crippen LogP contribution in [-0.4, -0.2) is 36.7 Å². The topological polar surface area (TPSA) is 80.9 Å². The number of carbonyl (C=O) groups is 1. The molecule has 164 valence electrons. The van der Waals surface area contributed by atoms with E-state index >= 15 is 0 Å². The molecule has 30 heavy (non-hydrogen) atoms. The number of hydrogen-bond donors (Lipinski definition) is 1. The second kappa shape index (κ2) is 6.72. The Morgan fingerprint density at radius 1 is 1.20 bits per heavy atom. The van der Waals surface area contributed by atoms with Crippen LogP contribution in [0.15, 0.2) is 11.6 Å². The smallest absolute Gasteiger partial charge is 0.158 e. The zero-order valence-electron chi connectivity index (χ0n) is 18.9. The Hall–Kier alpha value is -1.56. The first kappa shape index (κ1) is 20.3. The molecule has 1 N–H and O–H groups in total. The summed E-state index contributed by atoms with van der Waals surface area (Å²) in [4.78, 5) is 13.3. The maximum absolute atomic E-state index is 13.3. The molecule has 0 spiro atoms. The SMILES string of the molecule is Cc1nnnn1CC(=O)[C@H]1CC[C@H]2[C@@H]3CC[C@@H]4C[C@](C)(O)CC[C@]4(C)C3=CC[C@]12C. The minimum absolute atomic E-state index is 0.0521. The molecular weight excluding hydrogens is 376 g/mol. The second-order valence-electron chi connectivity index (χ2n) is 11.5. The van der Waals surface area contributed by atoms with Crippen LogP contribution < -0.4 is 0 Å². The monoisotopic (exact) mass is 412 g/mol. The van der Waals surface area contributed by atoms with Crippen LogP contribution in [-0.2, 0) is 11.3 Å². The molecule has 5 rings (SSSR count). The molecule has 0 bridgehead atoms. The second-order valence-corrected chi connectivity index (χ2v) is 11.5. The lowest BCUT2D eigenvalue weighted by molar-refractivity contribution is -0.128. The number of tetrazole rings is 1. The molecule has 0 amide bonds. The highest BCUT2D eigenvalue weighted by Crippen LogP contribution is 2.66. The average Bonchev–Trinajstić information content (AvgIpc) is 3.24. The normalized spacial score (nSPS) is 45.3. The van der Waals surface area contributed by atoms with Crippen molar-refractivity contribution in [3.05, 3.63) is 17.5 Å². The van der Waals surface area contributed by atoms with E-state index in [1.54, 1.807) is 10.3 Å². The highest BCUT2D eigenvalue weighted by molar-refractivity contribution is 5.82. The van der Waals surface area contributed by atoms with Gasteiger partial charge in [-0.3, -0.25) is 4.79 Å². The van der Waals surface area contributed by atoms with Crippen molar-refractivity contribution in [2.75, 3.05) is 0 Å². The van der Waals surface area contributed by atoms with Crippen molar-refractivity contribution in [3.8, 4) is 0 Å². The van der Waals surface area contributed by atoms with E-state index in [0.717, 1.165) is 38.5 Å². The van der Waals surface area contributed by atoms with Gasteiger partial charge in [-0.05, 0) is 104 Å². The van der Waals surface area contributed by atoms with Gasteiger partial charge in [-0.25, -0.2) is 4.68 Å². The van der Waals surface area contributed by atoms with Gasteiger partial charge in [-0.15, -0.1) is 5.10 Å². The molecule has 1 aromatic heterocycles. The van der Waals surface area contributed by atoms with Crippen LogP contribution in [0.2, 0.25) is 0 Å². The van der Waals surface area contributed by atoms with Crippen LogP contribution in [0.3, 0.4) is 0 Å². The van der Waals surface area contributed by atoms with Gasteiger partial charge in [0.1, 0.15) is 12.4 Å². The van der Waals surface area contributed by atoms with Crippen molar-refractivity contribution in [2.24, 2.45) is 34.5 Å². The fourth-order valence-electron chi connectivity index (χ4n) is 7.88. The van der Waals surface area contributed by atoms with E-state index < -0.39 is 5.60 Å². The number of allylic oxidation sites excluding steroid dienone is 2. The molecule has 1 heterocycles. The van der Waals surface area contributed by atoms with Crippen LogP contribution in [0, 0.1) is 41.4 Å². The van der Waals surface area contributed by atoms with Gasteiger partial charge in [0.25, 0.3) is 0 Å². The van der Waals surface area contributed by atoms with Gasteiger partial charge in [-0.1, -0.05) is 25.5 Å². The maximum atomic E-state index is 13.3. The zero-order valence-corrected chi connectivity index (χ0v) is 18.9. The summed E-state index contributed by atoms with van der Waals surface area (Å²) in [5.41, 5.74) is 1.45. The van der Waals surface area contributed by atoms with Crippen molar-refractivity contribution in [1.29, 1.82) is 0 Å². The fraction of sp³-hybridized carbons (Fsp3) is 0.833. The van der Waals surface area contributed by atoms with Gasteiger partial charge >= 0.3 is 0 Å². The minimum Gasteiger partial charge on any atom is -0.390 e. The molecule has 0 aliphatic heterocycles. The summed E-state index contributed by atoms with van der Waals surface area (Å²) in [6.07, 6.45) is 11.0. The molecule has 0 radical (unpaired) electrons. The van der Waals surface area contributed by atoms with Crippen LogP contribution >= 0.6 is 0 Å². The zero-order chi connectivity index (χ0) is 21.3. The lowest BCUT2D eigenvalue weighted by Crippen LogP contribution is -2.51. The van der Waals surface area contributed by atoms with E-state index in [-0.39, 0.29) is 16.7 Å². The number of ketones is 1. The molecule has 0 saturated heterocycles. The number of carbonyl (C=O) groups excluding carboxylic acids is 1. The Labute approximate surface area is 179 Å². The predicted octanol–water partition coefficient (Wildman–Crippen LogP) is 3.88. The van der Waals surface area contributed by atoms with E-state index in [1.165, 1.54) is 12.8 Å². The van der Waals surface area contributed by atoms with Crippen LogP contribution in [0.5, 0.6) is 0 Å². The summed E-state index contributed by atoms with van der Waals surface area (Å²) in [5.74, 6) is 2.90. The Bertz CT molecular complexity index is 890. The van der Waals surface area contributed by atoms with Crippen LogP contribution in [0.1, 0.15) is 78.0 Å². The summed E-state index contributed by atoms with van der Waals surface area (Å²) in [6, 6.07) is 0. The Balaban J connectivity index is 1.40. The third kappa shape index (κ3) is 2.93. The number of aryl methyl sites for hydroxylation is 1. The van der Waals surface area contributed by atoms with E-state index in [9.17, 15) is 9.90 Å². The summed E-state index contributed by atoms with van der Waals surface area (Å²) in [6.45, 7) is 8.99. The van der Waals surface area contributed by atoms with E-state index in [2.05, 4.69) is 35.4 Å². The minimum atomic E-state index is -0.500. The molecule has 3 saturated carbocycles. The molecule has 0 aromatic carbocycles. The van der Waals surface area contributed by atoms with Gasteiger partial charge in [0.15, 0.2) is 5.78 Å². The number of Topliss-reactive ketones (excluding diaryl/α,β-unsaturated/α-hetero) is 1. The first-order chi connectivity index (χ1) is 14.1. The van der Waals surface area contributed by atoms with Crippen LogP contribution in [0.4, 0.5) is 0 Å². The van der Waals surface area contributed by atoms with E-state index in [4.69, 9.17) is 0 Å². The molecule has 6 nitrogen and oxygen atoms in total. The summed E-state index contributed by atoms with van der Waals surface area (Å²) >= 11 is 0. The van der Waals surface area contributed by atoms with Crippen molar-refractivity contribution < 1.29 is 9.90 Å². The summed E-state index contributed by atoms with van der Waals surface area (Å²) in [5, 5.41) is 22.3. The first-order valence-corrected chi connectivity index (χ1v) is 11.8. The van der Waals surface area contributed by atoms with Gasteiger partial charge in [0.2, 0.25) is 0 Å². The van der Waals surface area contributed by atoms with E-state index in [0.29, 0.717) is 35.9 Å². The fourth-order valence-corrected chi connectivity index (χ4v) is 7.88. The van der Waals surface area contributed by atoms with Crippen molar-refractivity contribution >= 4 is 5.78 Å². The van der Waals surface area contributed by atoms with Crippen molar-refractivity contribution in [2.45, 2.75) is 91.2 Å². The standard InChI is InChI=1S/C24H36N4O2/c1-15-25-26-27-28(15)14-21(29)20-8-7-18-17-6-5-16-13-22(2,30)11-12-23(16,3)19(17)9-10-24(18,20)4/h9,16-18,20,30H,5-8,10-14H2,1-4H3/t16-,17+,18+,20-,22-,23+,24+/m1/s1. The number of nitrogens with zero attached hydrogens (tertiary/aromatic N) is 4. The van der Waals surface area contributed by atoms with Crippen LogP contribution in [0.25, 0.3) is 0 Å². The Kier molecular flexibility index (Phi) is 4.56. The number of fused-ring (bicyclic) bond motifs is 5. The number of aromatic nitrogens is 4. The molecule has 6 heteroatoms. The molecule has 7 atom stereocenters. The van der Waals surface area contributed by atoms with Gasteiger partial charge in [0.05, 0.1) is 5.60 Å². The third-order valence-corrected chi connectivity index (χ3v) is 9.72. The molecule has 1 aromatic rings. The number of hydrogen-bond acceptors (Lipinski definition) is 5. The number of aliphatic hydroxyl groups is 1. The van der Waals surface area contributed by atoms with Gasteiger partial charge in [-0.2, -0.15) is 0 Å². The third-order valence-electron chi connectivity index (χ3n) is 9.72. The van der Waals surface area contributed by atoms with Crippen molar-refractivity contribution in [1.82, 2.24) is 20.2 Å². The Morgan fingerprint density at radius 3 is 2.73 bits per heavy atom. The first-order valence-electron chi connectivity index (χ1n) is 11.8. The molecule has 4 aliphatic rings. The molecule has 4 aliphatic carbocycles. The molecular formula is C24H36N4O2. The van der Waals surface area contributed by atoms with Gasteiger partial charge in [0, 0.05) is 5.92 Å². The van der Waals surface area contributed by atoms with Gasteiger partial charge < -0.3 is 5.11 Å². The maximum Gasteiger partial charge on any atom is 0.158 e. The number of rotatable bonds is 3. The molecule has 3 fully saturated rings. The van der Waals surface area contributed by atoms with Crippen molar-refractivity contribution in [3.63, 3.8) is 0 Å². The summed E-state index contributed by atoms with van der Waals surface area (Å²) in [7, 11) is 0. The van der Waals surface area contributed by atoms with E-state index in [1.807, 2.05) is 13.8 Å². The summed E-state index contributed by atoms with van der Waals surface area (Å²) < 4.78 is 1.64. The lowest BCUT2D eigenvalue weighted by atomic mass is 9.47. The quantitative estimate of drug-likeness (QED) is 0.762. The molecule has 0 unspecified atom stereocenters. The lowest BCUT2D eigenvalue weighted by Gasteiger charge is -2.58.